The molecule has 0 aromatic rings. The summed E-state index contributed by atoms with van der Waals surface area (Å²) in [6.45, 7) is 4.77. The molecule has 2 atom stereocenters. The first kappa shape index (κ1) is 96.4. The van der Waals surface area contributed by atoms with Gasteiger partial charge >= 0.3 is 17.9 Å². The fraction of sp³-hybridized carbons (Fsp3) is 0.728. The van der Waals surface area contributed by atoms with Gasteiger partial charge in [-0.3, -0.25) is 9.59 Å². The second-order valence-electron chi connectivity index (χ2n) is 29.4. The van der Waals surface area contributed by atoms with Crippen LogP contribution in [0.25, 0.3) is 0 Å². The van der Waals surface area contributed by atoms with Crippen LogP contribution in [0.15, 0.2) is 134 Å². The van der Waals surface area contributed by atoms with Crippen molar-refractivity contribution in [1.29, 1.82) is 0 Å². The van der Waals surface area contributed by atoms with Crippen molar-refractivity contribution in [2.24, 2.45) is 0 Å². The highest BCUT2D eigenvalue weighted by molar-refractivity contribution is 5.71. The highest BCUT2D eigenvalue weighted by atomic mass is 16.7. The zero-order valence-corrected chi connectivity index (χ0v) is 66.5. The molecular weight excluding hydrogens is 1250 g/mol. The summed E-state index contributed by atoms with van der Waals surface area (Å²) in [6, 6.07) is 0. The topological polar surface area (TPSA) is 108 Å². The van der Waals surface area contributed by atoms with Gasteiger partial charge in [0.05, 0.1) is 34.4 Å². The number of likely N-dealkylation sites (N-methyl/N-ethyl adjacent to an activating group) is 1. The van der Waals surface area contributed by atoms with Crippen LogP contribution in [0.4, 0.5) is 0 Å². The number of carboxylic acid groups (broad SMARTS) is 1. The van der Waals surface area contributed by atoms with E-state index in [1.54, 1.807) is 0 Å². The molecule has 0 saturated carbocycles. The molecule has 9 heteroatoms. The fourth-order valence-electron chi connectivity index (χ4n) is 12.0. The van der Waals surface area contributed by atoms with Crippen molar-refractivity contribution in [3.8, 4) is 0 Å². The molecule has 0 aliphatic rings. The van der Waals surface area contributed by atoms with Crippen molar-refractivity contribution in [2.75, 3.05) is 47.5 Å². The Balaban J connectivity index is 4.02. The summed E-state index contributed by atoms with van der Waals surface area (Å²) in [5.74, 6) is -2.01. The molecular formula is C92H160NO8+. The molecule has 0 rings (SSSR count). The first-order valence-electron chi connectivity index (χ1n) is 42.3. The van der Waals surface area contributed by atoms with Crippen molar-refractivity contribution in [3.05, 3.63) is 134 Å². The van der Waals surface area contributed by atoms with E-state index in [-0.39, 0.29) is 32.2 Å². The third-order valence-electron chi connectivity index (χ3n) is 18.4. The minimum atomic E-state index is -1.52. The molecule has 2 unspecified atom stereocenters. The Hall–Kier alpha value is -4.57. The van der Waals surface area contributed by atoms with Gasteiger partial charge in [-0.25, -0.2) is 4.79 Å². The molecule has 0 aromatic heterocycles. The smallest absolute Gasteiger partial charge is 0.361 e. The van der Waals surface area contributed by atoms with Gasteiger partial charge in [0.2, 0.25) is 0 Å². The van der Waals surface area contributed by atoms with E-state index >= 15 is 0 Å². The monoisotopic (exact) mass is 1410 g/mol. The highest BCUT2D eigenvalue weighted by Crippen LogP contribution is 2.19. The van der Waals surface area contributed by atoms with E-state index < -0.39 is 24.3 Å². The van der Waals surface area contributed by atoms with E-state index in [9.17, 15) is 19.5 Å². The molecule has 0 aliphatic carbocycles. The summed E-state index contributed by atoms with van der Waals surface area (Å²) in [7, 11) is 5.98. The standard InChI is InChI=1S/C92H159NO8/c1-6-8-10-12-14-16-18-20-22-24-26-28-30-32-34-36-38-40-42-43-44-45-46-47-49-50-52-54-56-58-60-62-64-66-68-70-72-74-76-78-80-82-89(94)99-86-88(87-100-92(91(96)97)98-85-84-93(3,4)5)101-90(95)83-81-79-77-75-73-71-69-67-65-63-61-59-57-55-53-51-48-41-39-37-35-33-31-29-27-25-23-21-19-17-15-13-11-9-7-2/h9,11,15,17-18,20-21,23-24,26-27,29,33,35,39,41,51,53,57,59,63,65,88,92H,6-8,10,12-14,16,19,22,25,28,30-32,34,36-38,40,42-50,52,54-56,58,60-62,64,66-87H2,1-5H3/p+1/b11-9-,17-15-,20-18-,23-21-,26-24-,29-27-,35-33-,41-39-,53-51-,59-57-,65-63-. The third kappa shape index (κ3) is 82.6. The first-order valence-corrected chi connectivity index (χ1v) is 42.3. The second kappa shape index (κ2) is 81.1. The number of hydrogen-bond donors (Lipinski definition) is 1. The Bertz CT molecular complexity index is 2130. The van der Waals surface area contributed by atoms with Crippen LogP contribution in [0, 0.1) is 0 Å². The van der Waals surface area contributed by atoms with Gasteiger partial charge in [0, 0.05) is 12.8 Å². The Morgan fingerprint density at radius 3 is 0.842 bits per heavy atom. The molecule has 0 aromatic carbocycles. The van der Waals surface area contributed by atoms with Gasteiger partial charge < -0.3 is 28.5 Å². The quantitative estimate of drug-likeness (QED) is 0.0211. The van der Waals surface area contributed by atoms with Crippen molar-refractivity contribution < 1.29 is 42.9 Å². The van der Waals surface area contributed by atoms with Crippen LogP contribution >= 0.6 is 0 Å². The number of allylic oxidation sites excluding steroid dienone is 22. The van der Waals surface area contributed by atoms with Crippen LogP contribution in [0.5, 0.6) is 0 Å². The Labute approximate surface area is 624 Å². The van der Waals surface area contributed by atoms with Gasteiger partial charge in [-0.1, -0.05) is 379 Å². The van der Waals surface area contributed by atoms with Crippen molar-refractivity contribution in [3.63, 3.8) is 0 Å². The Morgan fingerprint density at radius 2 is 0.564 bits per heavy atom. The molecule has 0 fully saturated rings. The Morgan fingerprint density at radius 1 is 0.307 bits per heavy atom. The fourth-order valence-corrected chi connectivity index (χ4v) is 12.0. The lowest BCUT2D eigenvalue weighted by Crippen LogP contribution is -2.40. The predicted octanol–water partition coefficient (Wildman–Crippen LogP) is 27.6. The molecule has 0 amide bonds. The number of nitrogens with zero attached hydrogens (tertiary/aromatic N) is 1. The summed E-state index contributed by atoms with van der Waals surface area (Å²) < 4.78 is 23.0. The molecule has 0 radical (unpaired) electrons. The van der Waals surface area contributed by atoms with Gasteiger partial charge in [0.1, 0.15) is 13.2 Å². The number of aliphatic carboxylic acids is 1. The van der Waals surface area contributed by atoms with Crippen LogP contribution in [0.2, 0.25) is 0 Å². The van der Waals surface area contributed by atoms with Gasteiger partial charge in [0.15, 0.2) is 6.10 Å². The van der Waals surface area contributed by atoms with Gasteiger partial charge in [0.25, 0.3) is 6.29 Å². The molecule has 0 bridgehead atoms. The minimum absolute atomic E-state index is 0.181. The van der Waals surface area contributed by atoms with E-state index in [0.717, 1.165) is 109 Å². The molecule has 0 heterocycles. The van der Waals surface area contributed by atoms with Gasteiger partial charge in [-0.05, 0) is 116 Å². The molecule has 580 valence electrons. The molecule has 1 N–H and O–H groups in total. The lowest BCUT2D eigenvalue weighted by Gasteiger charge is -2.25. The van der Waals surface area contributed by atoms with Crippen molar-refractivity contribution in [2.45, 2.75) is 386 Å². The molecule has 0 aliphatic heterocycles. The van der Waals surface area contributed by atoms with Crippen LogP contribution in [0.1, 0.15) is 373 Å². The summed E-state index contributed by atoms with van der Waals surface area (Å²) >= 11 is 0. The van der Waals surface area contributed by atoms with Crippen LogP contribution in [-0.2, 0) is 33.3 Å². The summed E-state index contributed by atoms with van der Waals surface area (Å²) in [5, 5.41) is 9.78. The maximum absolute atomic E-state index is 13.0. The largest absolute Gasteiger partial charge is 0.477 e. The SMILES string of the molecule is CC/C=C\C/C=C\C/C=C\C/C=C\C/C=C\C/C=C\C/C=C\C/C=C\C/C=C\CCCCCCCCCC(=O)OC(COC(=O)CCCCCCCCCCCCCCCCCCCCCCCCCCCCCCC/C=C\C/C=C\CCCCCCC)COC(OCC[N+](C)(C)C)C(=O)O. The number of unbranched alkanes of at least 4 members (excludes halogenated alkanes) is 41. The zero-order valence-electron chi connectivity index (χ0n) is 66.5. The van der Waals surface area contributed by atoms with Gasteiger partial charge in [-0.2, -0.15) is 0 Å². The number of quaternary nitrogens is 1. The summed E-state index contributed by atoms with van der Waals surface area (Å²) in [5.41, 5.74) is 0. The van der Waals surface area contributed by atoms with E-state index in [4.69, 9.17) is 18.9 Å². The average molecular weight is 1410 g/mol. The zero-order chi connectivity index (χ0) is 73.2. The normalized spacial score (nSPS) is 13.3. The van der Waals surface area contributed by atoms with Crippen LogP contribution in [-0.4, -0.2) is 87.4 Å². The minimum Gasteiger partial charge on any atom is -0.477 e. The van der Waals surface area contributed by atoms with E-state index in [1.807, 2.05) is 21.1 Å². The molecule has 101 heavy (non-hydrogen) atoms. The number of rotatable bonds is 78. The predicted molar refractivity (Wildman–Crippen MR) is 438 cm³/mol. The van der Waals surface area contributed by atoms with E-state index in [1.165, 1.54) is 231 Å². The summed E-state index contributed by atoms with van der Waals surface area (Å²) in [6.07, 6.45) is 115. The van der Waals surface area contributed by atoms with E-state index in [2.05, 4.69) is 148 Å². The van der Waals surface area contributed by atoms with Crippen molar-refractivity contribution in [1.82, 2.24) is 0 Å². The number of carbonyl (C=O) groups excluding carboxylic acids is 2. The summed E-state index contributed by atoms with van der Waals surface area (Å²) in [4.78, 5) is 37.8. The molecule has 0 saturated heterocycles. The number of ether oxygens (including phenoxy) is 4. The van der Waals surface area contributed by atoms with Crippen LogP contribution < -0.4 is 0 Å². The first-order chi connectivity index (χ1) is 49.6. The molecule has 0 spiro atoms. The third-order valence-corrected chi connectivity index (χ3v) is 18.4. The number of hydrogen-bond acceptors (Lipinski definition) is 7. The average Bonchev–Trinajstić information content (AvgIpc) is 1.25. The number of carboxylic acids is 1. The lowest BCUT2D eigenvalue weighted by molar-refractivity contribution is -0.870. The highest BCUT2D eigenvalue weighted by Gasteiger charge is 2.25. The number of esters is 2. The maximum Gasteiger partial charge on any atom is 0.361 e. The van der Waals surface area contributed by atoms with Crippen LogP contribution in [0.3, 0.4) is 0 Å². The van der Waals surface area contributed by atoms with Crippen molar-refractivity contribution >= 4 is 17.9 Å². The number of carbonyl (C=O) groups is 3. The lowest BCUT2D eigenvalue weighted by atomic mass is 10.0. The maximum atomic E-state index is 13.0. The Kier molecular flexibility index (Phi) is 77.4. The molecule has 9 nitrogen and oxygen atoms in total. The van der Waals surface area contributed by atoms with E-state index in [0.29, 0.717) is 23.9 Å². The second-order valence-corrected chi connectivity index (χ2v) is 29.4. The van der Waals surface area contributed by atoms with Gasteiger partial charge in [-0.15, -0.1) is 0 Å².